The van der Waals surface area contributed by atoms with E-state index in [9.17, 15) is 18.0 Å². The van der Waals surface area contributed by atoms with Gasteiger partial charge >= 0.3 is 6.18 Å². The number of halogens is 3. The summed E-state index contributed by atoms with van der Waals surface area (Å²) >= 11 is 0. The summed E-state index contributed by atoms with van der Waals surface area (Å²) in [6.07, 6.45) is 4.99. The van der Waals surface area contributed by atoms with Crippen LogP contribution in [0.4, 0.5) is 19.0 Å². The fourth-order valence-corrected chi connectivity index (χ4v) is 2.87. The van der Waals surface area contributed by atoms with Crippen LogP contribution in [0.2, 0.25) is 0 Å². The van der Waals surface area contributed by atoms with Crippen LogP contribution in [0.1, 0.15) is 12.5 Å². The average Bonchev–Trinajstić information content (AvgIpc) is 2.83. The number of fused-ring (bicyclic) bond motifs is 1. The van der Waals surface area contributed by atoms with E-state index >= 15 is 0 Å². The van der Waals surface area contributed by atoms with E-state index < -0.39 is 23.9 Å². The van der Waals surface area contributed by atoms with Crippen LogP contribution < -0.4 is 5.56 Å². The van der Waals surface area contributed by atoms with Crippen LogP contribution in [0.3, 0.4) is 0 Å². The van der Waals surface area contributed by atoms with Crippen molar-refractivity contribution in [2.24, 2.45) is 4.99 Å². The van der Waals surface area contributed by atoms with Gasteiger partial charge in [-0.1, -0.05) is 18.2 Å². The number of aliphatic imine (C=N–C) groups is 1. The van der Waals surface area contributed by atoms with Crippen molar-refractivity contribution in [2.75, 3.05) is 14.2 Å². The maximum absolute atomic E-state index is 13.4. The van der Waals surface area contributed by atoms with Crippen molar-refractivity contribution in [1.29, 1.82) is 0 Å². The minimum atomic E-state index is -4.58. The van der Waals surface area contributed by atoms with Crippen molar-refractivity contribution in [3.8, 4) is 0 Å². The van der Waals surface area contributed by atoms with Crippen molar-refractivity contribution in [3.63, 3.8) is 0 Å². The highest BCUT2D eigenvalue weighted by Crippen LogP contribution is 2.35. The predicted octanol–water partition coefficient (Wildman–Crippen LogP) is 3.35. The Balaban J connectivity index is 2.10. The second-order valence-electron chi connectivity index (χ2n) is 5.92. The van der Waals surface area contributed by atoms with Gasteiger partial charge < -0.3 is 9.47 Å². The summed E-state index contributed by atoms with van der Waals surface area (Å²) in [6.45, 7) is 0. The number of allylic oxidation sites excluding steroid dienone is 6. The summed E-state index contributed by atoms with van der Waals surface area (Å²) in [4.78, 5) is 15.9. The lowest BCUT2D eigenvalue weighted by molar-refractivity contribution is -0.156. The lowest BCUT2D eigenvalue weighted by Crippen LogP contribution is -2.26. The molecule has 0 aromatic carbocycles. The van der Waals surface area contributed by atoms with Gasteiger partial charge in [0.25, 0.3) is 5.56 Å². The van der Waals surface area contributed by atoms with Crippen molar-refractivity contribution >= 4 is 11.5 Å². The summed E-state index contributed by atoms with van der Waals surface area (Å²) < 4.78 is 51.6. The van der Waals surface area contributed by atoms with Crippen molar-refractivity contribution < 1.29 is 22.6 Å². The third-order valence-corrected chi connectivity index (χ3v) is 4.17. The number of aromatic amines is 1. The molecule has 144 valence electrons. The Labute approximate surface area is 153 Å². The number of methoxy groups -OCH3 is 2. The second kappa shape index (κ2) is 7.43. The van der Waals surface area contributed by atoms with Crippen molar-refractivity contribution in [1.82, 2.24) is 9.78 Å². The van der Waals surface area contributed by atoms with Crippen LogP contribution >= 0.6 is 0 Å². The first-order chi connectivity index (χ1) is 12.8. The smallest absolute Gasteiger partial charge is 0.414 e. The predicted molar refractivity (Wildman–Crippen MR) is 94.1 cm³/mol. The van der Waals surface area contributed by atoms with Gasteiger partial charge in [-0.05, 0) is 30.2 Å². The molecule has 0 saturated carbocycles. The first-order valence-electron chi connectivity index (χ1n) is 8.14. The summed E-state index contributed by atoms with van der Waals surface area (Å²) in [6, 6.07) is -0.975. The quantitative estimate of drug-likeness (QED) is 0.817. The number of nitrogens with one attached hydrogen (secondary N) is 1. The Hall–Kier alpha value is -2.81. The van der Waals surface area contributed by atoms with Gasteiger partial charge in [-0.3, -0.25) is 14.6 Å². The Kier molecular flexibility index (Phi) is 5.22. The minimum Gasteiger partial charge on any atom is -0.498 e. The summed E-state index contributed by atoms with van der Waals surface area (Å²) in [5.41, 5.74) is 0.200. The topological polar surface area (TPSA) is 68.6 Å². The monoisotopic (exact) mass is 381 g/mol. The fraction of sp³-hybridized carbons (Fsp3) is 0.333. The summed E-state index contributed by atoms with van der Waals surface area (Å²) in [7, 11) is 3.02. The van der Waals surface area contributed by atoms with Crippen LogP contribution in [-0.2, 0) is 9.47 Å². The first kappa shape index (κ1) is 19.0. The fourth-order valence-electron chi connectivity index (χ4n) is 2.87. The zero-order valence-electron chi connectivity index (χ0n) is 14.7. The molecule has 27 heavy (non-hydrogen) atoms. The van der Waals surface area contributed by atoms with E-state index in [0.29, 0.717) is 22.4 Å². The zero-order valence-corrected chi connectivity index (χ0v) is 14.7. The normalized spacial score (nSPS) is 26.6. The SMILES string of the molecule is CO/C1=C/C(C2=Nc3cc(=O)[nH]n3C(C(F)(F)F)C=C2)=C\CC=CC1OC. The van der Waals surface area contributed by atoms with Gasteiger partial charge in [-0.25, -0.2) is 4.99 Å². The third-order valence-electron chi connectivity index (χ3n) is 4.17. The molecule has 6 nitrogen and oxygen atoms in total. The number of ether oxygens (including phenoxy) is 2. The van der Waals surface area contributed by atoms with E-state index in [4.69, 9.17) is 9.47 Å². The molecule has 1 aliphatic carbocycles. The van der Waals surface area contributed by atoms with Crippen molar-refractivity contribution in [3.05, 3.63) is 64.2 Å². The van der Waals surface area contributed by atoms with Crippen LogP contribution in [0, 0.1) is 0 Å². The van der Waals surface area contributed by atoms with Gasteiger partial charge in [0.05, 0.1) is 12.8 Å². The Morgan fingerprint density at radius 1 is 1.30 bits per heavy atom. The number of alkyl halides is 3. The molecule has 2 heterocycles. The average molecular weight is 381 g/mol. The van der Waals surface area contributed by atoms with Crippen LogP contribution in [0.5, 0.6) is 0 Å². The molecular weight excluding hydrogens is 363 g/mol. The molecule has 1 N–H and O–H groups in total. The minimum absolute atomic E-state index is 0.100. The molecule has 2 aliphatic rings. The molecule has 0 saturated heterocycles. The molecule has 1 aliphatic heterocycles. The Bertz CT molecular complexity index is 916. The highest BCUT2D eigenvalue weighted by molar-refractivity contribution is 6.11. The van der Waals surface area contributed by atoms with E-state index in [1.54, 1.807) is 6.08 Å². The highest BCUT2D eigenvalue weighted by Gasteiger charge is 2.41. The molecule has 1 aromatic rings. The van der Waals surface area contributed by atoms with E-state index in [0.717, 1.165) is 12.1 Å². The molecule has 0 fully saturated rings. The zero-order chi connectivity index (χ0) is 19.6. The van der Waals surface area contributed by atoms with Crippen molar-refractivity contribution in [2.45, 2.75) is 24.7 Å². The van der Waals surface area contributed by atoms with Gasteiger partial charge in [-0.2, -0.15) is 13.2 Å². The number of hydrogen-bond donors (Lipinski definition) is 1. The lowest BCUT2D eigenvalue weighted by Gasteiger charge is -2.17. The third kappa shape index (κ3) is 3.97. The van der Waals surface area contributed by atoms with Crippen LogP contribution in [-0.4, -0.2) is 42.0 Å². The van der Waals surface area contributed by atoms with Gasteiger partial charge in [0.1, 0.15) is 11.9 Å². The molecule has 0 amide bonds. The molecular formula is C18H18F3N3O3. The highest BCUT2D eigenvalue weighted by atomic mass is 19.4. The molecule has 0 radical (unpaired) electrons. The molecule has 9 heteroatoms. The summed E-state index contributed by atoms with van der Waals surface area (Å²) in [5.74, 6) is 0.385. The van der Waals surface area contributed by atoms with Gasteiger partial charge in [0, 0.05) is 13.2 Å². The maximum atomic E-state index is 13.4. The second-order valence-corrected chi connectivity index (χ2v) is 5.92. The van der Waals surface area contributed by atoms with Gasteiger partial charge in [-0.15, -0.1) is 0 Å². The Morgan fingerprint density at radius 3 is 2.74 bits per heavy atom. The number of nitrogens with zero attached hydrogens (tertiary/aromatic N) is 2. The molecule has 0 spiro atoms. The Morgan fingerprint density at radius 2 is 2.07 bits per heavy atom. The molecule has 2 atom stereocenters. The number of rotatable bonds is 3. The van der Waals surface area contributed by atoms with Crippen LogP contribution in [0.15, 0.2) is 63.6 Å². The van der Waals surface area contributed by atoms with E-state index in [2.05, 4.69) is 10.1 Å². The molecule has 1 aromatic heterocycles. The first-order valence-corrected chi connectivity index (χ1v) is 8.14. The van der Waals surface area contributed by atoms with Crippen LogP contribution in [0.25, 0.3) is 0 Å². The lowest BCUT2D eigenvalue weighted by atomic mass is 10.0. The summed E-state index contributed by atoms with van der Waals surface area (Å²) in [5, 5.41) is 2.17. The number of hydrogen-bond acceptors (Lipinski definition) is 4. The van der Waals surface area contributed by atoms with E-state index in [1.807, 2.05) is 18.2 Å². The molecule has 2 unspecified atom stereocenters. The number of H-pyrrole nitrogens is 1. The largest absolute Gasteiger partial charge is 0.498 e. The standard InChI is InChI=1S/C18H18F3N3O3/c1-26-13-6-4-3-5-11(9-14(13)27-2)12-7-8-15(18(19,20)21)24-16(22-12)10-17(25)23-24/h4-10,13,15H,3H2,1-2H3,(H,23,25)/b6-4?,11-5+,14-9+. The maximum Gasteiger partial charge on any atom is 0.414 e. The molecule has 0 bridgehead atoms. The van der Waals surface area contributed by atoms with Gasteiger partial charge in [0.15, 0.2) is 11.9 Å². The van der Waals surface area contributed by atoms with E-state index in [-0.39, 0.29) is 11.5 Å². The number of aromatic nitrogens is 2. The molecule has 3 rings (SSSR count). The van der Waals surface area contributed by atoms with E-state index in [1.165, 1.54) is 20.3 Å². The van der Waals surface area contributed by atoms with Gasteiger partial charge in [0.2, 0.25) is 0 Å².